The Morgan fingerprint density at radius 1 is 1.57 bits per heavy atom. The summed E-state index contributed by atoms with van der Waals surface area (Å²) in [6.45, 7) is -0.634. The number of hydrogen-bond donors (Lipinski definition) is 1. The smallest absolute Gasteiger partial charge is 0.331 e. The largest absolute Gasteiger partial charge is 0.480 e. The maximum atomic E-state index is 11.3. The van der Waals surface area contributed by atoms with Gasteiger partial charge in [-0.3, -0.25) is 9.59 Å². The summed E-state index contributed by atoms with van der Waals surface area (Å²) >= 11 is 2.93. The van der Waals surface area contributed by atoms with Crippen molar-refractivity contribution >= 4 is 21.9 Å². The second kappa shape index (κ2) is 3.79. The van der Waals surface area contributed by atoms with Crippen LogP contribution in [0.4, 0.5) is 0 Å². The first-order valence-corrected chi connectivity index (χ1v) is 4.40. The molecule has 0 amide bonds. The Balaban J connectivity index is 3.48. The predicted molar refractivity (Wildman–Crippen MR) is 51.3 cm³/mol. The molecule has 1 aromatic heterocycles. The molecule has 14 heavy (non-hydrogen) atoms. The zero-order chi connectivity index (χ0) is 10.9. The average molecular weight is 263 g/mol. The zero-order valence-electron chi connectivity index (χ0n) is 7.23. The van der Waals surface area contributed by atoms with Gasteiger partial charge in [0.25, 0.3) is 5.56 Å². The van der Waals surface area contributed by atoms with Crippen molar-refractivity contribution in [1.82, 2.24) is 9.13 Å². The van der Waals surface area contributed by atoms with Crippen LogP contribution >= 0.6 is 15.9 Å². The molecular formula is C7H7BrN2O4. The van der Waals surface area contributed by atoms with Gasteiger partial charge in [-0.1, -0.05) is 0 Å². The summed E-state index contributed by atoms with van der Waals surface area (Å²) in [4.78, 5) is 33.0. The average Bonchev–Trinajstić information content (AvgIpc) is 2.09. The van der Waals surface area contributed by atoms with Gasteiger partial charge in [-0.15, -0.1) is 0 Å². The van der Waals surface area contributed by atoms with Gasteiger partial charge in [0.1, 0.15) is 6.54 Å². The van der Waals surface area contributed by atoms with Crippen LogP contribution in [0.25, 0.3) is 0 Å². The van der Waals surface area contributed by atoms with Crippen LogP contribution in [-0.4, -0.2) is 20.2 Å². The van der Waals surface area contributed by atoms with Crippen LogP contribution in [0.2, 0.25) is 0 Å². The van der Waals surface area contributed by atoms with Crippen molar-refractivity contribution in [1.29, 1.82) is 0 Å². The number of carboxylic acid groups (broad SMARTS) is 1. The molecule has 1 heterocycles. The highest BCUT2D eigenvalue weighted by Crippen LogP contribution is 1.97. The number of carbonyl (C=O) groups is 1. The molecule has 0 radical (unpaired) electrons. The number of aromatic nitrogens is 2. The highest BCUT2D eigenvalue weighted by Gasteiger charge is 2.10. The SMILES string of the molecule is Cn1cc(Br)c(=O)n(CC(=O)O)c1=O. The topological polar surface area (TPSA) is 81.3 Å². The molecule has 0 saturated carbocycles. The van der Waals surface area contributed by atoms with Crippen molar-refractivity contribution in [3.05, 3.63) is 31.5 Å². The van der Waals surface area contributed by atoms with E-state index in [1.807, 2.05) is 0 Å². The van der Waals surface area contributed by atoms with Crippen molar-refractivity contribution in [2.24, 2.45) is 7.05 Å². The monoisotopic (exact) mass is 262 g/mol. The Morgan fingerprint density at radius 2 is 2.14 bits per heavy atom. The van der Waals surface area contributed by atoms with Gasteiger partial charge in [0, 0.05) is 13.2 Å². The van der Waals surface area contributed by atoms with Gasteiger partial charge in [0.15, 0.2) is 0 Å². The molecule has 0 fully saturated rings. The van der Waals surface area contributed by atoms with Gasteiger partial charge >= 0.3 is 11.7 Å². The lowest BCUT2D eigenvalue weighted by atomic mass is 10.5. The number of aliphatic carboxylic acids is 1. The van der Waals surface area contributed by atoms with E-state index in [-0.39, 0.29) is 4.47 Å². The minimum atomic E-state index is -1.23. The van der Waals surface area contributed by atoms with Crippen molar-refractivity contribution in [3.8, 4) is 0 Å². The summed E-state index contributed by atoms with van der Waals surface area (Å²) in [6, 6.07) is 0. The minimum Gasteiger partial charge on any atom is -0.480 e. The van der Waals surface area contributed by atoms with Crippen LogP contribution in [0.3, 0.4) is 0 Å². The van der Waals surface area contributed by atoms with E-state index >= 15 is 0 Å². The Bertz CT molecular complexity index is 453. The van der Waals surface area contributed by atoms with Crippen LogP contribution in [0.15, 0.2) is 20.3 Å². The van der Waals surface area contributed by atoms with Crippen molar-refractivity contribution in [2.45, 2.75) is 6.54 Å². The number of rotatable bonds is 2. The van der Waals surface area contributed by atoms with Crippen molar-refractivity contribution in [2.75, 3.05) is 0 Å². The summed E-state index contributed by atoms with van der Waals surface area (Å²) in [5.41, 5.74) is -1.30. The predicted octanol–water partition coefficient (Wildman–Crippen LogP) is -0.606. The molecule has 0 aliphatic carbocycles. The molecule has 6 nitrogen and oxygen atoms in total. The summed E-state index contributed by atoms with van der Waals surface area (Å²) in [6.07, 6.45) is 1.29. The van der Waals surface area contributed by atoms with E-state index in [2.05, 4.69) is 15.9 Å². The number of hydrogen-bond acceptors (Lipinski definition) is 3. The van der Waals surface area contributed by atoms with Gasteiger partial charge in [0.05, 0.1) is 4.47 Å². The molecule has 0 saturated heterocycles. The molecule has 0 unspecified atom stereocenters. The first kappa shape index (κ1) is 10.7. The van der Waals surface area contributed by atoms with Crippen molar-refractivity contribution in [3.63, 3.8) is 0 Å². The Labute approximate surface area is 86.5 Å². The standard InChI is InChI=1S/C7H7BrN2O4/c1-9-2-4(8)6(13)10(7(9)14)3-5(11)12/h2H,3H2,1H3,(H,11,12). The molecule has 1 rings (SSSR count). The van der Waals surface area contributed by atoms with Crippen LogP contribution in [0.1, 0.15) is 0 Å². The third-order valence-corrected chi connectivity index (χ3v) is 2.13. The molecule has 0 aromatic carbocycles. The second-order valence-electron chi connectivity index (χ2n) is 2.66. The molecule has 0 bridgehead atoms. The molecule has 1 aromatic rings. The van der Waals surface area contributed by atoms with Gasteiger partial charge in [-0.2, -0.15) is 0 Å². The van der Waals surface area contributed by atoms with Gasteiger partial charge in [-0.05, 0) is 15.9 Å². The molecular weight excluding hydrogens is 256 g/mol. The summed E-state index contributed by atoms with van der Waals surface area (Å²) in [7, 11) is 1.44. The summed E-state index contributed by atoms with van der Waals surface area (Å²) < 4.78 is 1.93. The molecule has 1 N–H and O–H groups in total. The zero-order valence-corrected chi connectivity index (χ0v) is 8.81. The Hall–Kier alpha value is -1.37. The van der Waals surface area contributed by atoms with Crippen LogP contribution in [0.5, 0.6) is 0 Å². The summed E-state index contributed by atoms with van der Waals surface area (Å²) in [5.74, 6) is -1.23. The van der Waals surface area contributed by atoms with Crippen molar-refractivity contribution < 1.29 is 9.90 Å². The lowest BCUT2D eigenvalue weighted by molar-refractivity contribution is -0.137. The van der Waals surface area contributed by atoms with Gasteiger partial charge in [0.2, 0.25) is 0 Å². The van der Waals surface area contributed by atoms with E-state index in [1.165, 1.54) is 13.2 Å². The molecule has 0 spiro atoms. The van der Waals surface area contributed by atoms with E-state index in [0.29, 0.717) is 4.57 Å². The first-order chi connectivity index (χ1) is 6.43. The number of halogens is 1. The minimum absolute atomic E-state index is 0.154. The fourth-order valence-electron chi connectivity index (χ4n) is 0.961. The fourth-order valence-corrected chi connectivity index (χ4v) is 1.48. The maximum absolute atomic E-state index is 11.3. The Kier molecular flexibility index (Phi) is 2.90. The lowest BCUT2D eigenvalue weighted by Gasteiger charge is -2.04. The highest BCUT2D eigenvalue weighted by atomic mass is 79.9. The van der Waals surface area contributed by atoms with Crippen LogP contribution in [0, 0.1) is 0 Å². The number of nitrogens with zero attached hydrogens (tertiary/aromatic N) is 2. The van der Waals surface area contributed by atoms with E-state index in [9.17, 15) is 14.4 Å². The molecule has 7 heteroatoms. The van der Waals surface area contributed by atoms with E-state index < -0.39 is 23.8 Å². The molecule has 76 valence electrons. The third kappa shape index (κ3) is 1.92. The van der Waals surface area contributed by atoms with E-state index in [1.54, 1.807) is 0 Å². The second-order valence-corrected chi connectivity index (χ2v) is 3.51. The van der Waals surface area contributed by atoms with Crippen LogP contribution in [-0.2, 0) is 18.4 Å². The highest BCUT2D eigenvalue weighted by molar-refractivity contribution is 9.10. The third-order valence-electron chi connectivity index (χ3n) is 1.58. The normalized spacial score (nSPS) is 10.1. The molecule has 0 atom stereocenters. The number of carboxylic acids is 1. The van der Waals surface area contributed by atoms with Crippen LogP contribution < -0.4 is 11.2 Å². The summed E-state index contributed by atoms with van der Waals surface area (Å²) in [5, 5.41) is 8.47. The maximum Gasteiger partial charge on any atom is 0.331 e. The van der Waals surface area contributed by atoms with E-state index in [0.717, 1.165) is 4.57 Å². The Morgan fingerprint density at radius 3 is 2.64 bits per heavy atom. The quantitative estimate of drug-likeness (QED) is 0.772. The molecule has 0 aliphatic heterocycles. The fraction of sp³-hybridized carbons (Fsp3) is 0.286. The first-order valence-electron chi connectivity index (χ1n) is 3.61. The van der Waals surface area contributed by atoms with Gasteiger partial charge in [-0.25, -0.2) is 9.36 Å². The van der Waals surface area contributed by atoms with E-state index in [4.69, 9.17) is 5.11 Å². The molecule has 0 aliphatic rings. The number of aryl methyl sites for hydroxylation is 1. The lowest BCUT2D eigenvalue weighted by Crippen LogP contribution is -2.40. The van der Waals surface area contributed by atoms with Gasteiger partial charge < -0.3 is 9.67 Å².